The smallest absolute Gasteiger partial charge is 0.293 e. The number of carbonyl (C=O) groups is 1. The Morgan fingerprint density at radius 2 is 1.94 bits per heavy atom. The van der Waals surface area contributed by atoms with Crippen LogP contribution < -0.4 is 0 Å². The van der Waals surface area contributed by atoms with E-state index < -0.39 is 0 Å². The first kappa shape index (κ1) is 19.9. The third-order valence-corrected chi connectivity index (χ3v) is 6.72. The number of carbonyl (C=O) groups excluding carboxylic acids is 1. The van der Waals surface area contributed by atoms with Gasteiger partial charge in [-0.25, -0.2) is 5.10 Å². The highest BCUT2D eigenvalue weighted by molar-refractivity contribution is 5.90. The van der Waals surface area contributed by atoms with E-state index in [4.69, 9.17) is 0 Å². The van der Waals surface area contributed by atoms with Gasteiger partial charge in [-0.1, -0.05) is 42.5 Å². The molecule has 2 aliphatic heterocycles. The number of amides is 1. The number of H-pyrrole nitrogens is 1. The molecule has 5 rings (SSSR count). The highest BCUT2D eigenvalue weighted by atomic mass is 16.2. The van der Waals surface area contributed by atoms with Crippen LogP contribution in [0.2, 0.25) is 0 Å². The van der Waals surface area contributed by atoms with Crippen LogP contribution in [0.5, 0.6) is 0 Å². The van der Waals surface area contributed by atoms with E-state index in [9.17, 15) is 4.79 Å². The molecule has 1 atom stereocenters. The van der Waals surface area contributed by atoms with Gasteiger partial charge in [-0.3, -0.25) is 4.79 Å². The third kappa shape index (κ3) is 4.23. The van der Waals surface area contributed by atoms with Gasteiger partial charge < -0.3 is 9.80 Å². The van der Waals surface area contributed by atoms with Crippen molar-refractivity contribution in [3.05, 3.63) is 65.0 Å². The van der Waals surface area contributed by atoms with Gasteiger partial charge in [0.15, 0.2) is 0 Å². The molecule has 0 bridgehead atoms. The van der Waals surface area contributed by atoms with Crippen molar-refractivity contribution in [2.75, 3.05) is 19.6 Å². The molecule has 1 aromatic heterocycles. The van der Waals surface area contributed by atoms with Gasteiger partial charge in [0.1, 0.15) is 0 Å². The van der Waals surface area contributed by atoms with Crippen molar-refractivity contribution in [3.63, 3.8) is 0 Å². The Balaban J connectivity index is 1.24. The number of hydrogen-bond donors (Lipinski definition) is 1. The zero-order chi connectivity index (χ0) is 21.2. The second-order valence-electron chi connectivity index (χ2n) is 8.68. The minimum absolute atomic E-state index is 0.154. The van der Waals surface area contributed by atoms with Crippen LogP contribution in [0.15, 0.2) is 42.5 Å². The van der Waals surface area contributed by atoms with Crippen LogP contribution in [0.3, 0.4) is 0 Å². The number of tetrazole rings is 1. The average Bonchev–Trinajstić information content (AvgIpc) is 3.49. The first-order valence-electron chi connectivity index (χ1n) is 11.2. The Morgan fingerprint density at radius 3 is 2.68 bits per heavy atom. The molecule has 0 aliphatic carbocycles. The van der Waals surface area contributed by atoms with E-state index in [1.54, 1.807) is 4.90 Å². The number of nitrogens with one attached hydrogen (secondary N) is 1. The maximum absolute atomic E-state index is 12.5. The van der Waals surface area contributed by atoms with Crippen LogP contribution in [-0.4, -0.2) is 62.0 Å². The van der Waals surface area contributed by atoms with Crippen molar-refractivity contribution >= 4 is 5.91 Å². The summed E-state index contributed by atoms with van der Waals surface area (Å²) in [5.41, 5.74) is 6.37. The van der Waals surface area contributed by atoms with E-state index in [1.165, 1.54) is 47.2 Å². The second-order valence-corrected chi connectivity index (χ2v) is 8.68. The molecule has 1 N–H and O–H groups in total. The fourth-order valence-electron chi connectivity index (χ4n) is 4.77. The van der Waals surface area contributed by atoms with Gasteiger partial charge in [0, 0.05) is 25.7 Å². The van der Waals surface area contributed by atoms with Crippen molar-refractivity contribution in [1.82, 2.24) is 30.4 Å². The Hall–Kier alpha value is -3.06. The number of nitrogens with zero attached hydrogens (tertiary/aromatic N) is 5. The Kier molecular flexibility index (Phi) is 5.51. The molecular formula is C24H28N6O. The topological polar surface area (TPSA) is 78.0 Å². The van der Waals surface area contributed by atoms with Gasteiger partial charge in [0.2, 0.25) is 5.82 Å². The molecule has 2 aromatic carbocycles. The van der Waals surface area contributed by atoms with Crippen LogP contribution in [0.4, 0.5) is 0 Å². The molecule has 7 nitrogen and oxygen atoms in total. The van der Waals surface area contributed by atoms with Gasteiger partial charge in [-0.2, -0.15) is 0 Å². The van der Waals surface area contributed by atoms with E-state index in [2.05, 4.69) is 74.9 Å². The quantitative estimate of drug-likeness (QED) is 0.692. The van der Waals surface area contributed by atoms with Crippen molar-refractivity contribution in [3.8, 4) is 11.1 Å². The number of likely N-dealkylation sites (tertiary alicyclic amines) is 1. The Labute approximate surface area is 182 Å². The molecule has 0 unspecified atom stereocenters. The fourth-order valence-corrected chi connectivity index (χ4v) is 4.77. The number of rotatable bonds is 5. The third-order valence-electron chi connectivity index (χ3n) is 6.72. The van der Waals surface area contributed by atoms with Gasteiger partial charge in [0.25, 0.3) is 5.91 Å². The highest BCUT2D eigenvalue weighted by Crippen LogP contribution is 2.27. The molecule has 1 fully saturated rings. The predicted octanol–water partition coefficient (Wildman–Crippen LogP) is 3.09. The number of fused-ring (bicyclic) bond motifs is 1. The monoisotopic (exact) mass is 416 g/mol. The first-order valence-corrected chi connectivity index (χ1v) is 11.2. The summed E-state index contributed by atoms with van der Waals surface area (Å²) in [5.74, 6) is 0.0398. The Morgan fingerprint density at radius 1 is 1.10 bits per heavy atom. The van der Waals surface area contributed by atoms with Crippen molar-refractivity contribution in [2.45, 2.75) is 45.2 Å². The van der Waals surface area contributed by atoms with Gasteiger partial charge >= 0.3 is 0 Å². The van der Waals surface area contributed by atoms with Crippen LogP contribution in [0.25, 0.3) is 11.1 Å². The second kappa shape index (κ2) is 8.59. The van der Waals surface area contributed by atoms with Crippen LogP contribution in [0.1, 0.15) is 47.1 Å². The number of aromatic amines is 1. The summed E-state index contributed by atoms with van der Waals surface area (Å²) in [6.07, 6.45) is 4.62. The lowest BCUT2D eigenvalue weighted by atomic mass is 9.94. The molecule has 0 spiro atoms. The zero-order valence-electron chi connectivity index (χ0n) is 17.9. The van der Waals surface area contributed by atoms with Crippen molar-refractivity contribution in [2.24, 2.45) is 0 Å². The Bertz CT molecular complexity index is 1050. The summed E-state index contributed by atoms with van der Waals surface area (Å²) in [5, 5.41) is 13.3. The van der Waals surface area contributed by atoms with Crippen molar-refractivity contribution in [1.29, 1.82) is 0 Å². The normalized spacial score (nSPS) is 18.9. The van der Waals surface area contributed by atoms with Gasteiger partial charge in [-0.05, 0) is 77.4 Å². The lowest BCUT2D eigenvalue weighted by molar-refractivity contribution is 0.0722. The highest BCUT2D eigenvalue weighted by Gasteiger charge is 2.24. The molecule has 0 radical (unpaired) electrons. The van der Waals surface area contributed by atoms with Crippen LogP contribution >= 0.6 is 0 Å². The minimum Gasteiger partial charge on any atom is -0.331 e. The van der Waals surface area contributed by atoms with E-state index in [-0.39, 0.29) is 11.7 Å². The number of hydrogen-bond acceptors (Lipinski definition) is 5. The summed E-state index contributed by atoms with van der Waals surface area (Å²) in [6.45, 7) is 5.99. The van der Waals surface area contributed by atoms with Crippen LogP contribution in [-0.2, 0) is 19.4 Å². The molecular weight excluding hydrogens is 388 g/mol. The summed E-state index contributed by atoms with van der Waals surface area (Å²) < 4.78 is 0. The molecule has 1 saturated heterocycles. The molecule has 160 valence electrons. The van der Waals surface area contributed by atoms with E-state index >= 15 is 0 Å². The van der Waals surface area contributed by atoms with E-state index in [0.717, 1.165) is 25.4 Å². The van der Waals surface area contributed by atoms with E-state index in [0.29, 0.717) is 13.1 Å². The molecule has 3 aromatic rings. The fraction of sp³-hybridized carbons (Fsp3) is 0.417. The largest absolute Gasteiger partial charge is 0.331 e. The summed E-state index contributed by atoms with van der Waals surface area (Å²) in [4.78, 5) is 16.9. The standard InChI is InChI=1S/C24H28N6O/c1-17-3-2-12-29(17)13-10-18-4-6-19(7-5-18)20-8-9-22-16-30(14-11-21(22)15-20)24(31)23-25-27-28-26-23/h4-9,15,17H,2-3,10-14,16H2,1H3,(H,25,26,27,28)/t17-/m1/s1. The molecule has 7 heteroatoms. The molecule has 1 amide bonds. The molecule has 31 heavy (non-hydrogen) atoms. The summed E-state index contributed by atoms with van der Waals surface area (Å²) >= 11 is 0. The maximum Gasteiger partial charge on any atom is 0.293 e. The first-order chi connectivity index (χ1) is 15.2. The van der Waals surface area contributed by atoms with Crippen LogP contribution in [0, 0.1) is 0 Å². The van der Waals surface area contributed by atoms with E-state index in [1.807, 2.05) is 0 Å². The summed E-state index contributed by atoms with van der Waals surface area (Å²) in [7, 11) is 0. The molecule has 2 aliphatic rings. The number of benzene rings is 2. The number of aromatic nitrogens is 4. The molecule has 3 heterocycles. The van der Waals surface area contributed by atoms with Crippen molar-refractivity contribution < 1.29 is 4.79 Å². The summed E-state index contributed by atoms with van der Waals surface area (Å²) in [6, 6.07) is 16.3. The lowest BCUT2D eigenvalue weighted by Gasteiger charge is -2.28. The average molecular weight is 417 g/mol. The molecule has 0 saturated carbocycles. The lowest BCUT2D eigenvalue weighted by Crippen LogP contribution is -2.36. The van der Waals surface area contributed by atoms with Gasteiger partial charge in [-0.15, -0.1) is 5.10 Å². The zero-order valence-corrected chi connectivity index (χ0v) is 17.9. The predicted molar refractivity (Wildman–Crippen MR) is 118 cm³/mol. The minimum atomic E-state index is -0.154. The SMILES string of the molecule is C[C@@H]1CCCN1CCc1ccc(-c2ccc3c(c2)CCN(C(=O)c2nnn[nH]2)C3)cc1. The maximum atomic E-state index is 12.5. The van der Waals surface area contributed by atoms with Gasteiger partial charge in [0.05, 0.1) is 0 Å².